The Balaban J connectivity index is 2.40. The second-order valence-electron chi connectivity index (χ2n) is 3.43. The number of fused-ring (bicyclic) bond motifs is 1. The molecule has 0 bridgehead atoms. The van der Waals surface area contributed by atoms with Gasteiger partial charge in [-0.25, -0.2) is 4.79 Å². The fourth-order valence-corrected chi connectivity index (χ4v) is 1.65. The Morgan fingerprint density at radius 3 is 2.81 bits per heavy atom. The van der Waals surface area contributed by atoms with E-state index in [-0.39, 0.29) is 0 Å². The van der Waals surface area contributed by atoms with Crippen LogP contribution in [0.15, 0.2) is 24.3 Å². The molecular weight excluding hydrogens is 210 g/mol. The van der Waals surface area contributed by atoms with Gasteiger partial charge in [-0.05, 0) is 18.6 Å². The SMILES string of the molecule is O=C(O)C(=O)N1CCCOc2ccccc21. The molecule has 1 aliphatic rings. The van der Waals surface area contributed by atoms with Crippen molar-refractivity contribution < 1.29 is 19.4 Å². The molecule has 0 atom stereocenters. The molecular formula is C11H11NO4. The number of nitrogens with zero attached hydrogens (tertiary/aromatic N) is 1. The van der Waals surface area contributed by atoms with Crippen molar-refractivity contribution >= 4 is 17.6 Å². The number of carbonyl (C=O) groups excluding carboxylic acids is 1. The average Bonchev–Trinajstić information content (AvgIpc) is 2.50. The van der Waals surface area contributed by atoms with Crippen molar-refractivity contribution in [2.75, 3.05) is 18.1 Å². The topological polar surface area (TPSA) is 66.8 Å². The van der Waals surface area contributed by atoms with Crippen molar-refractivity contribution in [1.82, 2.24) is 0 Å². The highest BCUT2D eigenvalue weighted by Crippen LogP contribution is 2.30. The number of benzene rings is 1. The van der Waals surface area contributed by atoms with Crippen LogP contribution in [0.25, 0.3) is 0 Å². The molecule has 1 aliphatic heterocycles. The first-order valence-electron chi connectivity index (χ1n) is 4.97. The van der Waals surface area contributed by atoms with Crippen LogP contribution in [-0.2, 0) is 9.59 Å². The van der Waals surface area contributed by atoms with Crippen LogP contribution in [0.4, 0.5) is 5.69 Å². The van der Waals surface area contributed by atoms with E-state index in [9.17, 15) is 9.59 Å². The molecule has 1 amide bonds. The smallest absolute Gasteiger partial charge is 0.394 e. The molecule has 0 aliphatic carbocycles. The van der Waals surface area contributed by atoms with Crippen molar-refractivity contribution in [3.63, 3.8) is 0 Å². The molecule has 0 saturated heterocycles. The van der Waals surface area contributed by atoms with Gasteiger partial charge < -0.3 is 9.84 Å². The molecule has 16 heavy (non-hydrogen) atoms. The number of para-hydroxylation sites is 2. The molecule has 0 fully saturated rings. The molecule has 0 aromatic heterocycles. The van der Waals surface area contributed by atoms with Gasteiger partial charge in [-0.15, -0.1) is 0 Å². The van der Waals surface area contributed by atoms with Crippen LogP contribution in [-0.4, -0.2) is 30.1 Å². The molecule has 1 aromatic rings. The predicted octanol–water partition coefficient (Wildman–Crippen LogP) is 0.887. The quantitative estimate of drug-likeness (QED) is 0.660. The Bertz CT molecular complexity index is 430. The maximum atomic E-state index is 11.5. The average molecular weight is 221 g/mol. The van der Waals surface area contributed by atoms with E-state index in [1.54, 1.807) is 24.3 Å². The zero-order valence-electron chi connectivity index (χ0n) is 8.55. The molecule has 1 aromatic carbocycles. The molecule has 2 rings (SSSR count). The van der Waals surface area contributed by atoms with Crippen LogP contribution in [0.5, 0.6) is 5.75 Å². The molecule has 5 heteroatoms. The number of hydrogen-bond donors (Lipinski definition) is 1. The van der Waals surface area contributed by atoms with E-state index in [1.165, 1.54) is 4.90 Å². The first kappa shape index (κ1) is 10.5. The van der Waals surface area contributed by atoms with Gasteiger partial charge in [-0.2, -0.15) is 0 Å². The minimum atomic E-state index is -1.45. The van der Waals surface area contributed by atoms with Gasteiger partial charge in [0.05, 0.1) is 12.3 Å². The van der Waals surface area contributed by atoms with Crippen LogP contribution >= 0.6 is 0 Å². The largest absolute Gasteiger partial charge is 0.491 e. The van der Waals surface area contributed by atoms with Crippen LogP contribution in [0, 0.1) is 0 Å². The number of carbonyl (C=O) groups is 2. The molecule has 0 radical (unpaired) electrons. The highest BCUT2D eigenvalue weighted by molar-refractivity contribution is 6.37. The zero-order valence-corrected chi connectivity index (χ0v) is 8.55. The summed E-state index contributed by atoms with van der Waals surface area (Å²) in [5.41, 5.74) is 0.521. The number of hydrogen-bond acceptors (Lipinski definition) is 3. The summed E-state index contributed by atoms with van der Waals surface area (Å²) in [5.74, 6) is -1.82. The third-order valence-corrected chi connectivity index (χ3v) is 2.37. The Kier molecular flexibility index (Phi) is 2.76. The van der Waals surface area contributed by atoms with Crippen molar-refractivity contribution in [3.8, 4) is 5.75 Å². The lowest BCUT2D eigenvalue weighted by Crippen LogP contribution is -2.36. The standard InChI is InChI=1S/C11H11NO4/c13-10(11(14)15)12-6-3-7-16-9-5-2-1-4-8(9)12/h1-2,4-5H,3,6-7H2,(H,14,15). The van der Waals surface area contributed by atoms with Gasteiger partial charge in [-0.1, -0.05) is 12.1 Å². The summed E-state index contributed by atoms with van der Waals surface area (Å²) in [6, 6.07) is 6.94. The highest BCUT2D eigenvalue weighted by Gasteiger charge is 2.26. The van der Waals surface area contributed by atoms with Crippen molar-refractivity contribution in [2.45, 2.75) is 6.42 Å². The van der Waals surface area contributed by atoms with Crippen LogP contribution in [0.2, 0.25) is 0 Å². The van der Waals surface area contributed by atoms with Crippen LogP contribution in [0.1, 0.15) is 6.42 Å². The molecule has 0 spiro atoms. The number of carboxylic acid groups (broad SMARTS) is 1. The summed E-state index contributed by atoms with van der Waals surface area (Å²) in [6.45, 7) is 0.850. The molecule has 5 nitrogen and oxygen atoms in total. The Hall–Kier alpha value is -2.04. The number of anilines is 1. The van der Waals surface area contributed by atoms with Gasteiger partial charge in [0.2, 0.25) is 0 Å². The second kappa shape index (κ2) is 4.22. The van der Waals surface area contributed by atoms with Crippen molar-refractivity contribution in [3.05, 3.63) is 24.3 Å². The lowest BCUT2D eigenvalue weighted by molar-refractivity contribution is -0.148. The third kappa shape index (κ3) is 1.84. The fraction of sp³-hybridized carbons (Fsp3) is 0.273. The van der Waals surface area contributed by atoms with Gasteiger partial charge in [0.25, 0.3) is 0 Å². The zero-order chi connectivity index (χ0) is 11.5. The Morgan fingerprint density at radius 1 is 1.31 bits per heavy atom. The Labute approximate surface area is 92.2 Å². The van der Waals surface area contributed by atoms with Gasteiger partial charge in [-0.3, -0.25) is 9.69 Å². The summed E-state index contributed by atoms with van der Waals surface area (Å²) in [6.07, 6.45) is 0.619. The molecule has 0 saturated carbocycles. The minimum absolute atomic E-state index is 0.363. The summed E-state index contributed by atoms with van der Waals surface area (Å²) in [5, 5.41) is 8.72. The van der Waals surface area contributed by atoms with E-state index < -0.39 is 11.9 Å². The van der Waals surface area contributed by atoms with Crippen LogP contribution in [0.3, 0.4) is 0 Å². The summed E-state index contributed by atoms with van der Waals surface area (Å²) >= 11 is 0. The van der Waals surface area contributed by atoms with Gasteiger partial charge >= 0.3 is 11.9 Å². The van der Waals surface area contributed by atoms with E-state index in [0.29, 0.717) is 31.0 Å². The number of carboxylic acids is 1. The second-order valence-corrected chi connectivity index (χ2v) is 3.43. The van der Waals surface area contributed by atoms with E-state index in [2.05, 4.69) is 0 Å². The third-order valence-electron chi connectivity index (χ3n) is 2.37. The van der Waals surface area contributed by atoms with Crippen LogP contribution < -0.4 is 9.64 Å². The summed E-state index contributed by atoms with van der Waals surface area (Å²) in [7, 11) is 0. The molecule has 0 unspecified atom stereocenters. The predicted molar refractivity (Wildman–Crippen MR) is 56.5 cm³/mol. The number of rotatable bonds is 0. The highest BCUT2D eigenvalue weighted by atomic mass is 16.5. The lowest BCUT2D eigenvalue weighted by atomic mass is 10.2. The first-order valence-corrected chi connectivity index (χ1v) is 4.97. The number of amides is 1. The van der Waals surface area contributed by atoms with E-state index in [4.69, 9.17) is 9.84 Å². The minimum Gasteiger partial charge on any atom is -0.491 e. The molecule has 1 N–H and O–H groups in total. The first-order chi connectivity index (χ1) is 7.70. The van der Waals surface area contributed by atoms with E-state index in [1.807, 2.05) is 0 Å². The number of ether oxygens (including phenoxy) is 1. The molecule has 1 heterocycles. The fourth-order valence-electron chi connectivity index (χ4n) is 1.65. The Morgan fingerprint density at radius 2 is 2.06 bits per heavy atom. The van der Waals surface area contributed by atoms with Gasteiger partial charge in [0.15, 0.2) is 0 Å². The summed E-state index contributed by atoms with van der Waals surface area (Å²) in [4.78, 5) is 23.4. The van der Waals surface area contributed by atoms with Gasteiger partial charge in [0, 0.05) is 6.54 Å². The van der Waals surface area contributed by atoms with Crippen molar-refractivity contribution in [2.24, 2.45) is 0 Å². The van der Waals surface area contributed by atoms with Crippen molar-refractivity contribution in [1.29, 1.82) is 0 Å². The molecule has 84 valence electrons. The summed E-state index contributed by atoms with van der Waals surface area (Å²) < 4.78 is 5.42. The number of aliphatic carboxylic acids is 1. The maximum Gasteiger partial charge on any atom is 0.394 e. The maximum absolute atomic E-state index is 11.5. The van der Waals surface area contributed by atoms with Gasteiger partial charge in [0.1, 0.15) is 5.75 Å². The van der Waals surface area contributed by atoms with E-state index >= 15 is 0 Å². The lowest BCUT2D eigenvalue weighted by Gasteiger charge is -2.19. The van der Waals surface area contributed by atoms with E-state index in [0.717, 1.165) is 0 Å². The normalized spacial score (nSPS) is 14.6. The monoisotopic (exact) mass is 221 g/mol.